The van der Waals surface area contributed by atoms with Crippen molar-refractivity contribution in [3.05, 3.63) is 95.0 Å². The quantitative estimate of drug-likeness (QED) is 0.259. The summed E-state index contributed by atoms with van der Waals surface area (Å²) in [6.45, 7) is 2.12. The smallest absolute Gasteiger partial charge is 0.224 e. The molecule has 0 aliphatic heterocycles. The third kappa shape index (κ3) is 4.68. The van der Waals surface area contributed by atoms with Crippen LogP contribution in [0.3, 0.4) is 0 Å². The Labute approximate surface area is 204 Å². The van der Waals surface area contributed by atoms with Crippen LogP contribution >= 0.6 is 11.6 Å². The summed E-state index contributed by atoms with van der Waals surface area (Å²) in [5, 5.41) is 5.88. The van der Waals surface area contributed by atoms with Crippen molar-refractivity contribution in [1.29, 1.82) is 0 Å². The third-order valence-corrected chi connectivity index (χ3v) is 6.43. The summed E-state index contributed by atoms with van der Waals surface area (Å²) in [6.07, 6.45) is 2.88. The van der Waals surface area contributed by atoms with Crippen LogP contribution in [0.25, 0.3) is 33.2 Å². The lowest BCUT2D eigenvalue weighted by Crippen LogP contribution is -2.11. The van der Waals surface area contributed by atoms with Crippen molar-refractivity contribution in [3.63, 3.8) is 0 Å². The number of benzene rings is 3. The minimum atomic E-state index is 0.0208. The van der Waals surface area contributed by atoms with Crippen LogP contribution in [0.4, 0.5) is 5.69 Å². The number of hydrogen-bond donors (Lipinski definition) is 2. The Morgan fingerprint density at radius 3 is 2.65 bits per heavy atom. The molecule has 0 saturated carbocycles. The maximum absolute atomic E-state index is 12.6. The lowest BCUT2D eigenvalue weighted by Gasteiger charge is -2.08. The van der Waals surface area contributed by atoms with Crippen molar-refractivity contribution in [2.24, 2.45) is 0 Å². The summed E-state index contributed by atoms with van der Waals surface area (Å²) < 4.78 is 0. The molecule has 2 heterocycles. The maximum atomic E-state index is 12.6. The van der Waals surface area contributed by atoms with E-state index in [1.807, 2.05) is 66.7 Å². The van der Waals surface area contributed by atoms with E-state index in [4.69, 9.17) is 16.6 Å². The first-order chi connectivity index (χ1) is 16.6. The first-order valence-corrected chi connectivity index (χ1v) is 12.0. The van der Waals surface area contributed by atoms with E-state index in [2.05, 4.69) is 29.4 Å². The molecule has 0 bridgehead atoms. The van der Waals surface area contributed by atoms with Crippen LogP contribution in [0, 0.1) is 0 Å². The highest BCUT2D eigenvalue weighted by Crippen LogP contribution is 2.33. The summed E-state index contributed by atoms with van der Waals surface area (Å²) in [7, 11) is 0. The molecule has 0 spiro atoms. The van der Waals surface area contributed by atoms with Crippen LogP contribution in [0.15, 0.2) is 78.9 Å². The average Bonchev–Trinajstić information content (AvgIpc) is 3.22. The van der Waals surface area contributed by atoms with E-state index in [0.717, 1.165) is 63.7 Å². The normalized spacial score (nSPS) is 11.2. The van der Waals surface area contributed by atoms with E-state index in [-0.39, 0.29) is 5.91 Å². The molecule has 3 aromatic carbocycles. The molecule has 5 aromatic rings. The number of para-hydroxylation sites is 1. The van der Waals surface area contributed by atoms with Crippen LogP contribution in [0.1, 0.15) is 30.9 Å². The number of nitrogens with zero attached hydrogens (tertiary/aromatic N) is 1. The Morgan fingerprint density at radius 2 is 1.82 bits per heavy atom. The second-order valence-electron chi connectivity index (χ2n) is 8.51. The molecule has 1 amide bonds. The molecule has 5 heteroatoms. The Morgan fingerprint density at radius 1 is 1.00 bits per heavy atom. The molecule has 34 heavy (non-hydrogen) atoms. The summed E-state index contributed by atoms with van der Waals surface area (Å²) in [5.41, 5.74) is 7.08. The van der Waals surface area contributed by atoms with Gasteiger partial charge in [-0.05, 0) is 72.9 Å². The maximum Gasteiger partial charge on any atom is 0.224 e. The number of rotatable bonds is 7. The van der Waals surface area contributed by atoms with E-state index in [0.29, 0.717) is 11.4 Å². The van der Waals surface area contributed by atoms with Crippen LogP contribution < -0.4 is 5.32 Å². The Kier molecular flexibility index (Phi) is 6.33. The van der Waals surface area contributed by atoms with Gasteiger partial charge in [0.1, 0.15) is 0 Å². The zero-order valence-corrected chi connectivity index (χ0v) is 19.8. The summed E-state index contributed by atoms with van der Waals surface area (Å²) in [4.78, 5) is 21.0. The minimum absolute atomic E-state index is 0.0208. The van der Waals surface area contributed by atoms with Gasteiger partial charge in [0, 0.05) is 33.4 Å². The number of nitrogens with one attached hydrogen (secondary N) is 2. The number of aryl methyl sites for hydroxylation is 2. The van der Waals surface area contributed by atoms with Gasteiger partial charge in [0.15, 0.2) is 0 Å². The fourth-order valence-corrected chi connectivity index (χ4v) is 4.55. The van der Waals surface area contributed by atoms with E-state index in [1.54, 1.807) is 0 Å². The van der Waals surface area contributed by atoms with Crippen molar-refractivity contribution < 1.29 is 4.79 Å². The van der Waals surface area contributed by atoms with Gasteiger partial charge in [-0.2, -0.15) is 0 Å². The number of hydrogen-bond acceptors (Lipinski definition) is 2. The van der Waals surface area contributed by atoms with E-state index < -0.39 is 0 Å². The molecular weight excluding hydrogens is 442 g/mol. The van der Waals surface area contributed by atoms with Crippen LogP contribution in [-0.2, 0) is 17.6 Å². The zero-order valence-electron chi connectivity index (χ0n) is 19.1. The number of anilines is 1. The lowest BCUT2D eigenvalue weighted by molar-refractivity contribution is -0.116. The molecule has 0 radical (unpaired) electrons. The zero-order chi connectivity index (χ0) is 23.5. The monoisotopic (exact) mass is 467 g/mol. The van der Waals surface area contributed by atoms with Gasteiger partial charge in [-0.25, -0.2) is 4.98 Å². The number of carbonyl (C=O) groups is 1. The van der Waals surface area contributed by atoms with Gasteiger partial charge in [0.2, 0.25) is 5.91 Å². The molecule has 5 rings (SSSR count). The molecule has 4 nitrogen and oxygen atoms in total. The highest BCUT2D eigenvalue weighted by molar-refractivity contribution is 6.31. The Hall–Kier alpha value is -3.63. The van der Waals surface area contributed by atoms with Gasteiger partial charge in [0.25, 0.3) is 0 Å². The first kappa shape index (κ1) is 22.2. The van der Waals surface area contributed by atoms with Crippen molar-refractivity contribution in [3.8, 4) is 11.4 Å². The average molecular weight is 468 g/mol. The Balaban J connectivity index is 1.38. The molecule has 0 saturated heterocycles. The molecule has 0 atom stereocenters. The summed E-state index contributed by atoms with van der Waals surface area (Å²) in [5.74, 6) is 0.0208. The third-order valence-electron chi connectivity index (χ3n) is 6.20. The molecule has 2 N–H and O–H groups in total. The number of H-pyrrole nitrogens is 1. The number of aromatic nitrogens is 2. The van der Waals surface area contributed by atoms with Crippen LogP contribution in [0.5, 0.6) is 0 Å². The summed E-state index contributed by atoms with van der Waals surface area (Å²) >= 11 is 6.33. The SMILES string of the molecule is CCc1ccc(NC(=O)CCCc2c(-c3ccc4ccccc4n3)[nH]c3ccc(Cl)cc23)cc1. The number of carbonyl (C=O) groups excluding carboxylic acids is 1. The van der Waals surface area contributed by atoms with Crippen molar-refractivity contribution >= 4 is 45.0 Å². The highest BCUT2D eigenvalue weighted by atomic mass is 35.5. The second-order valence-corrected chi connectivity index (χ2v) is 8.95. The van der Waals surface area contributed by atoms with Gasteiger partial charge in [0.05, 0.1) is 16.9 Å². The Bertz CT molecular complexity index is 1470. The standard InChI is InChI=1S/C29H26ClN3O/c1-2-19-10-14-22(15-11-19)31-28(34)9-5-7-23-24-18-21(30)13-17-26(24)33-29(23)27-16-12-20-6-3-4-8-25(20)32-27/h3-4,6,8,10-18,33H,2,5,7,9H2,1H3,(H,31,34). The predicted molar refractivity (Wildman–Crippen MR) is 141 cm³/mol. The van der Waals surface area contributed by atoms with E-state index in [1.165, 1.54) is 5.56 Å². The van der Waals surface area contributed by atoms with Crippen molar-refractivity contribution in [2.45, 2.75) is 32.6 Å². The number of aromatic amines is 1. The highest BCUT2D eigenvalue weighted by Gasteiger charge is 2.16. The number of amides is 1. The molecule has 2 aromatic heterocycles. The second kappa shape index (κ2) is 9.70. The summed E-state index contributed by atoms with van der Waals surface area (Å²) in [6, 6.07) is 26.1. The number of fused-ring (bicyclic) bond motifs is 2. The predicted octanol–water partition coefficient (Wildman–Crippen LogP) is 7.56. The molecule has 0 aliphatic carbocycles. The molecule has 0 aliphatic rings. The van der Waals surface area contributed by atoms with Crippen molar-refractivity contribution in [2.75, 3.05) is 5.32 Å². The molecule has 0 unspecified atom stereocenters. The number of pyridine rings is 1. The topological polar surface area (TPSA) is 57.8 Å². The molecule has 0 fully saturated rings. The number of halogens is 1. The van der Waals surface area contributed by atoms with Gasteiger partial charge < -0.3 is 10.3 Å². The van der Waals surface area contributed by atoms with Crippen LogP contribution in [-0.4, -0.2) is 15.9 Å². The van der Waals surface area contributed by atoms with E-state index >= 15 is 0 Å². The van der Waals surface area contributed by atoms with Crippen molar-refractivity contribution in [1.82, 2.24) is 9.97 Å². The fourth-order valence-electron chi connectivity index (χ4n) is 4.38. The van der Waals surface area contributed by atoms with Gasteiger partial charge >= 0.3 is 0 Å². The largest absolute Gasteiger partial charge is 0.353 e. The molecular formula is C29H26ClN3O. The van der Waals surface area contributed by atoms with E-state index in [9.17, 15) is 4.79 Å². The minimum Gasteiger partial charge on any atom is -0.353 e. The van der Waals surface area contributed by atoms with Gasteiger partial charge in [-0.1, -0.05) is 54.9 Å². The van der Waals surface area contributed by atoms with Gasteiger partial charge in [-0.3, -0.25) is 4.79 Å². The molecule has 170 valence electrons. The lowest BCUT2D eigenvalue weighted by atomic mass is 10.0. The van der Waals surface area contributed by atoms with Gasteiger partial charge in [-0.15, -0.1) is 0 Å². The van der Waals surface area contributed by atoms with Crippen LogP contribution in [0.2, 0.25) is 5.02 Å². The fraction of sp³-hybridized carbons (Fsp3) is 0.172. The first-order valence-electron chi connectivity index (χ1n) is 11.7.